The maximum absolute atomic E-state index is 12.7. The Morgan fingerprint density at radius 2 is 0.941 bits per heavy atom. The van der Waals surface area contributed by atoms with Gasteiger partial charge in [0.05, 0.1) is 0 Å². The summed E-state index contributed by atoms with van der Waals surface area (Å²) < 4.78 is 127. The molecule has 0 N–H and O–H groups in total. The van der Waals surface area contributed by atoms with E-state index in [1.807, 2.05) is 0 Å². The number of halogens is 12. The van der Waals surface area contributed by atoms with Crippen LogP contribution in [0.1, 0.15) is 0 Å². The first-order chi connectivity index (χ1) is 6.90. The number of nitrogens with zero attached hydrogens (tertiary/aromatic N) is 1. The number of hydrogen-bond acceptors (Lipinski definition) is 1. The van der Waals surface area contributed by atoms with Gasteiger partial charge in [-0.3, -0.25) is 0 Å². The van der Waals surface area contributed by atoms with E-state index in [9.17, 15) is 47.9 Å². The van der Waals surface area contributed by atoms with E-state index in [1.54, 1.807) is 0 Å². The summed E-state index contributed by atoms with van der Waals surface area (Å²) in [4.78, 5) is 0. The Morgan fingerprint density at radius 1 is 0.706 bits per heavy atom. The molecule has 0 aromatic heterocycles. The van der Waals surface area contributed by atoms with Crippen LogP contribution in [0.2, 0.25) is 0 Å². The van der Waals surface area contributed by atoms with Crippen LogP contribution in [0.4, 0.5) is 47.9 Å². The molecule has 14 heteroatoms. The Labute approximate surface area is 93.5 Å². The van der Waals surface area contributed by atoms with Crippen molar-refractivity contribution >= 4 is 21.6 Å². The summed E-state index contributed by atoms with van der Waals surface area (Å²) in [6.07, 6.45) is -23.3. The van der Waals surface area contributed by atoms with E-state index >= 15 is 0 Å². The van der Waals surface area contributed by atoms with Gasteiger partial charge in [-0.1, -0.05) is 0 Å². The first-order valence-electron chi connectivity index (χ1n) is 3.08. The Bertz CT molecular complexity index is 277. The molecular weight excluding hydrogens is 370 g/mol. The van der Waals surface area contributed by atoms with Crippen LogP contribution < -0.4 is 0 Å². The molecule has 0 fully saturated rings. The number of rotatable bonds is 1. The van der Waals surface area contributed by atoms with Gasteiger partial charge in [0, 0.05) is 0 Å². The fourth-order valence-electron chi connectivity index (χ4n) is 0.628. The molecule has 0 heterocycles. The minimum absolute atomic E-state index is 0.303. The molecule has 0 aliphatic rings. The normalized spacial score (nSPS) is 18.1. The van der Waals surface area contributed by atoms with Gasteiger partial charge in [0.2, 0.25) is 0 Å². The molecule has 0 bridgehead atoms. The van der Waals surface area contributed by atoms with Crippen LogP contribution in [-0.2, 0) is 0 Å². The molecule has 0 aliphatic heterocycles. The monoisotopic (exact) mass is 369 g/mol. The molecule has 0 aromatic rings. The van der Waals surface area contributed by atoms with Crippen LogP contribution in [0.3, 0.4) is 0 Å². The van der Waals surface area contributed by atoms with Crippen molar-refractivity contribution < 1.29 is 47.9 Å². The van der Waals surface area contributed by atoms with Crippen LogP contribution >= 0.6 is 21.6 Å². The Morgan fingerprint density at radius 3 is 1.00 bits per heavy atom. The molecule has 0 spiro atoms. The van der Waals surface area contributed by atoms with Gasteiger partial charge >= 0.3 is 92.7 Å². The third-order valence-electron chi connectivity index (χ3n) is 1.21. The minimum atomic E-state index is -9.39. The summed E-state index contributed by atoms with van der Waals surface area (Å²) in [5, 5.41) is 0. The van der Waals surface area contributed by atoms with Gasteiger partial charge in [0.15, 0.2) is 0 Å². The first kappa shape index (κ1) is 17.1. The van der Waals surface area contributed by atoms with Crippen LogP contribution in [0, 0.1) is 0 Å². The molecule has 1 nitrogen and oxygen atoms in total. The third-order valence-corrected chi connectivity index (χ3v) is 5.27. The zero-order valence-electron chi connectivity index (χ0n) is 6.93. The molecule has 0 amide bonds. The SMILES string of the molecule is FC(F)(F)N(C(F)(F)F)P(F)(F)(Br)C(F)(F)F. The van der Waals surface area contributed by atoms with E-state index in [4.69, 9.17) is 0 Å². The molecule has 0 radical (unpaired) electrons. The van der Waals surface area contributed by atoms with Crippen molar-refractivity contribution in [2.24, 2.45) is 0 Å². The molecule has 0 rings (SSSR count). The van der Waals surface area contributed by atoms with Crippen molar-refractivity contribution in [1.29, 1.82) is 0 Å². The summed E-state index contributed by atoms with van der Waals surface area (Å²) in [6.45, 7) is 0. The number of hydrogen-bond donors (Lipinski definition) is 0. The molecule has 0 unspecified atom stereocenters. The predicted octanol–water partition coefficient (Wildman–Crippen LogP) is 5.40. The van der Waals surface area contributed by atoms with E-state index in [2.05, 4.69) is 0 Å². The standard InChI is InChI=1S/C3BrF11NP/c4-17(14,15,3(11,12)13)16(1(5,6)7)2(8,9)10. The molecule has 0 saturated carbocycles. The average molecular weight is 370 g/mol. The second-order valence-corrected chi connectivity index (χ2v) is 8.56. The van der Waals surface area contributed by atoms with Gasteiger partial charge in [-0.2, -0.15) is 0 Å². The van der Waals surface area contributed by atoms with Crippen molar-refractivity contribution in [3.05, 3.63) is 0 Å². The molecule has 106 valence electrons. The summed E-state index contributed by atoms with van der Waals surface area (Å²) >= 11 is 0.303. The van der Waals surface area contributed by atoms with E-state index in [1.165, 1.54) is 0 Å². The third kappa shape index (κ3) is 3.11. The zero-order chi connectivity index (χ0) is 14.5. The second kappa shape index (κ2) is 3.80. The quantitative estimate of drug-likeness (QED) is 0.340. The zero-order valence-corrected chi connectivity index (χ0v) is 9.41. The average Bonchev–Trinajstić information content (AvgIpc) is 1.69. The molecule has 0 aromatic carbocycles. The molecule has 0 atom stereocenters. The first-order valence-corrected chi connectivity index (χ1v) is 7.07. The van der Waals surface area contributed by atoms with Gasteiger partial charge in [0.25, 0.3) is 0 Å². The van der Waals surface area contributed by atoms with Gasteiger partial charge in [0.1, 0.15) is 0 Å². The summed E-state index contributed by atoms with van der Waals surface area (Å²) in [6, 6.07) is 0. The summed E-state index contributed by atoms with van der Waals surface area (Å²) in [5.74, 6) is -7.03. The van der Waals surface area contributed by atoms with Crippen molar-refractivity contribution in [2.75, 3.05) is 0 Å². The summed E-state index contributed by atoms with van der Waals surface area (Å²) in [7, 11) is 0. The Kier molecular flexibility index (Phi) is 3.82. The van der Waals surface area contributed by atoms with Crippen molar-refractivity contribution in [1.82, 2.24) is 4.67 Å². The van der Waals surface area contributed by atoms with E-state index < -0.39 is 29.3 Å². The van der Waals surface area contributed by atoms with Gasteiger partial charge in [-0.05, 0) is 0 Å². The fourth-order valence-corrected chi connectivity index (χ4v) is 2.67. The maximum atomic E-state index is 12.7. The van der Waals surface area contributed by atoms with Crippen LogP contribution in [0.25, 0.3) is 0 Å². The van der Waals surface area contributed by atoms with Crippen LogP contribution in [0.15, 0.2) is 0 Å². The fraction of sp³-hybridized carbons (Fsp3) is 1.00. The van der Waals surface area contributed by atoms with E-state index in [0.29, 0.717) is 15.5 Å². The van der Waals surface area contributed by atoms with E-state index in [0.717, 1.165) is 0 Å². The van der Waals surface area contributed by atoms with Crippen LogP contribution in [0.5, 0.6) is 0 Å². The molecule has 17 heavy (non-hydrogen) atoms. The second-order valence-electron chi connectivity index (χ2n) is 2.49. The number of alkyl halides is 9. The van der Waals surface area contributed by atoms with Gasteiger partial charge in [-0.15, -0.1) is 0 Å². The Hall–Kier alpha value is 0.1000. The molecular formula is C3BrF11NP. The van der Waals surface area contributed by atoms with Gasteiger partial charge in [-0.25, -0.2) is 0 Å². The topological polar surface area (TPSA) is 3.24 Å². The van der Waals surface area contributed by atoms with Crippen molar-refractivity contribution in [3.8, 4) is 0 Å². The van der Waals surface area contributed by atoms with Gasteiger partial charge < -0.3 is 0 Å². The molecule has 0 saturated heterocycles. The Balaban J connectivity index is 6.00. The van der Waals surface area contributed by atoms with Crippen molar-refractivity contribution in [3.63, 3.8) is 0 Å². The van der Waals surface area contributed by atoms with Crippen LogP contribution in [-0.4, -0.2) is 23.2 Å². The van der Waals surface area contributed by atoms with E-state index in [-0.39, 0.29) is 0 Å². The summed E-state index contributed by atoms with van der Waals surface area (Å²) in [5.41, 5.74) is 0. The predicted molar refractivity (Wildman–Crippen MR) is 38.1 cm³/mol. The van der Waals surface area contributed by atoms with Crippen molar-refractivity contribution in [2.45, 2.75) is 18.5 Å². The molecule has 0 aliphatic carbocycles.